The lowest BCUT2D eigenvalue weighted by Gasteiger charge is -2.17. The number of carbonyl (C=O) groups is 1. The van der Waals surface area contributed by atoms with Crippen molar-refractivity contribution in [2.24, 2.45) is 5.92 Å². The smallest absolute Gasteiger partial charge is 0.348 e. The topological polar surface area (TPSA) is 66.5 Å². The molecule has 0 bridgehead atoms. The first-order chi connectivity index (χ1) is 12.6. The van der Waals surface area contributed by atoms with Gasteiger partial charge in [-0.3, -0.25) is 4.79 Å². The normalized spacial score (nSPS) is 18.7. The van der Waals surface area contributed by atoms with E-state index >= 15 is 0 Å². The Morgan fingerprint density at radius 2 is 1.85 bits per heavy atom. The molecule has 1 fully saturated rings. The molecule has 146 valence electrons. The van der Waals surface area contributed by atoms with Crippen molar-refractivity contribution in [2.45, 2.75) is 17.5 Å². The summed E-state index contributed by atoms with van der Waals surface area (Å²) in [7, 11) is -3.77. The molecule has 27 heavy (non-hydrogen) atoms. The van der Waals surface area contributed by atoms with Gasteiger partial charge in [-0.25, -0.2) is 8.42 Å². The van der Waals surface area contributed by atoms with Crippen LogP contribution in [0.25, 0.3) is 10.8 Å². The van der Waals surface area contributed by atoms with Crippen molar-refractivity contribution in [1.29, 1.82) is 0 Å². The minimum atomic E-state index is -4.95. The van der Waals surface area contributed by atoms with Gasteiger partial charge in [-0.15, -0.1) is 0 Å². The van der Waals surface area contributed by atoms with E-state index < -0.39 is 22.1 Å². The Labute approximate surface area is 159 Å². The Kier molecular flexibility index (Phi) is 5.38. The maximum absolute atomic E-state index is 12.8. The Balaban J connectivity index is 1.71. The Bertz CT molecular complexity index is 979. The quantitative estimate of drug-likeness (QED) is 0.826. The molecular formula is C17H16ClF3N2O3S. The number of nitrogens with one attached hydrogen (secondary N) is 1. The van der Waals surface area contributed by atoms with E-state index in [1.807, 2.05) is 5.32 Å². The van der Waals surface area contributed by atoms with E-state index in [0.717, 1.165) is 5.39 Å². The number of halogens is 4. The average Bonchev–Trinajstić information content (AvgIpc) is 3.08. The first kappa shape index (κ1) is 19.9. The Morgan fingerprint density at radius 1 is 1.19 bits per heavy atom. The monoisotopic (exact) mass is 420 g/mol. The second kappa shape index (κ2) is 7.29. The lowest BCUT2D eigenvalue weighted by atomic mass is 10.1. The van der Waals surface area contributed by atoms with Gasteiger partial charge in [-0.1, -0.05) is 23.7 Å². The van der Waals surface area contributed by atoms with Gasteiger partial charge in [-0.2, -0.15) is 17.5 Å². The van der Waals surface area contributed by atoms with Crippen molar-refractivity contribution in [2.75, 3.05) is 19.6 Å². The van der Waals surface area contributed by atoms with Gasteiger partial charge < -0.3 is 5.32 Å². The molecule has 1 unspecified atom stereocenters. The van der Waals surface area contributed by atoms with Crippen molar-refractivity contribution in [3.63, 3.8) is 0 Å². The molecule has 1 atom stereocenters. The number of benzene rings is 2. The van der Waals surface area contributed by atoms with Gasteiger partial charge in [-0.05, 0) is 47.4 Å². The molecule has 0 aliphatic carbocycles. The number of rotatable bonds is 4. The van der Waals surface area contributed by atoms with Crippen LogP contribution in [0.2, 0.25) is 5.02 Å². The van der Waals surface area contributed by atoms with Gasteiger partial charge >= 0.3 is 12.1 Å². The summed E-state index contributed by atoms with van der Waals surface area (Å²) in [5, 5.41) is 3.87. The molecule has 0 radical (unpaired) electrons. The van der Waals surface area contributed by atoms with E-state index in [1.165, 1.54) is 10.4 Å². The van der Waals surface area contributed by atoms with Crippen molar-refractivity contribution >= 4 is 38.3 Å². The summed E-state index contributed by atoms with van der Waals surface area (Å²) in [4.78, 5) is 11.0. The maximum Gasteiger partial charge on any atom is 0.471 e. The van der Waals surface area contributed by atoms with Crippen LogP contribution in [0.3, 0.4) is 0 Å². The molecule has 0 spiro atoms. The van der Waals surface area contributed by atoms with Crippen LogP contribution in [-0.4, -0.2) is 44.4 Å². The molecule has 1 aliphatic rings. The molecule has 2 aromatic rings. The highest BCUT2D eigenvalue weighted by molar-refractivity contribution is 7.89. The highest BCUT2D eigenvalue weighted by atomic mass is 35.5. The number of hydrogen-bond donors (Lipinski definition) is 1. The molecular weight excluding hydrogens is 405 g/mol. The van der Waals surface area contributed by atoms with Crippen molar-refractivity contribution in [1.82, 2.24) is 9.62 Å². The standard InChI is InChI=1S/C17H16ClF3N2O3S/c18-14-3-1-13-8-15(4-2-12(13)7-14)27(25,26)23-6-5-11(10-23)9-22-16(24)17(19,20)21/h1-4,7-8,11H,5-6,9-10H2,(H,22,24). The fraction of sp³-hybridized carbons (Fsp3) is 0.353. The molecule has 0 aromatic heterocycles. The lowest BCUT2D eigenvalue weighted by Crippen LogP contribution is -2.40. The van der Waals surface area contributed by atoms with Crippen LogP contribution < -0.4 is 5.32 Å². The van der Waals surface area contributed by atoms with Crippen LogP contribution in [-0.2, 0) is 14.8 Å². The van der Waals surface area contributed by atoms with Gasteiger partial charge in [0.25, 0.3) is 0 Å². The van der Waals surface area contributed by atoms with Gasteiger partial charge in [0.1, 0.15) is 0 Å². The van der Waals surface area contributed by atoms with Crippen LogP contribution in [0.5, 0.6) is 0 Å². The van der Waals surface area contributed by atoms with Crippen molar-refractivity contribution in [3.05, 3.63) is 41.4 Å². The van der Waals surface area contributed by atoms with Crippen molar-refractivity contribution < 1.29 is 26.4 Å². The molecule has 1 aliphatic heterocycles. The number of carbonyl (C=O) groups excluding carboxylic acids is 1. The first-order valence-electron chi connectivity index (χ1n) is 8.12. The number of amides is 1. The van der Waals surface area contributed by atoms with Gasteiger partial charge in [0, 0.05) is 24.7 Å². The number of sulfonamides is 1. The third-order valence-corrected chi connectivity index (χ3v) is 6.57. The minimum absolute atomic E-state index is 0.0547. The SMILES string of the molecule is O=C(NCC1CCN(S(=O)(=O)c2ccc3cc(Cl)ccc3c2)C1)C(F)(F)F. The fourth-order valence-corrected chi connectivity index (χ4v) is 4.77. The highest BCUT2D eigenvalue weighted by Gasteiger charge is 2.39. The maximum atomic E-state index is 12.8. The Hall–Kier alpha value is -1.84. The van der Waals surface area contributed by atoms with E-state index in [-0.39, 0.29) is 30.4 Å². The van der Waals surface area contributed by atoms with Crippen LogP contribution in [0.15, 0.2) is 41.3 Å². The summed E-state index contributed by atoms with van der Waals surface area (Å²) in [6, 6.07) is 9.78. The molecule has 1 N–H and O–H groups in total. The summed E-state index contributed by atoms with van der Waals surface area (Å²) < 4.78 is 63.6. The van der Waals surface area contributed by atoms with Crippen LogP contribution in [0.4, 0.5) is 13.2 Å². The van der Waals surface area contributed by atoms with E-state index in [4.69, 9.17) is 11.6 Å². The molecule has 2 aromatic carbocycles. The Morgan fingerprint density at radius 3 is 2.56 bits per heavy atom. The number of alkyl halides is 3. The molecule has 1 saturated heterocycles. The van der Waals surface area contributed by atoms with Crippen molar-refractivity contribution in [3.8, 4) is 0 Å². The summed E-state index contributed by atoms with van der Waals surface area (Å²) in [5.41, 5.74) is 0. The zero-order valence-electron chi connectivity index (χ0n) is 14.0. The first-order valence-corrected chi connectivity index (χ1v) is 9.93. The van der Waals surface area contributed by atoms with Gasteiger partial charge in [0.15, 0.2) is 0 Å². The second-order valence-corrected chi connectivity index (χ2v) is 8.75. The summed E-state index contributed by atoms with van der Waals surface area (Å²) >= 11 is 5.92. The summed E-state index contributed by atoms with van der Waals surface area (Å²) in [5.74, 6) is -2.39. The van der Waals surface area contributed by atoms with Crippen LogP contribution in [0, 0.1) is 5.92 Å². The average molecular weight is 421 g/mol. The third-order valence-electron chi connectivity index (χ3n) is 4.47. The molecule has 10 heteroatoms. The third kappa shape index (κ3) is 4.36. The highest BCUT2D eigenvalue weighted by Crippen LogP contribution is 2.28. The number of nitrogens with zero attached hydrogens (tertiary/aromatic N) is 1. The molecule has 0 saturated carbocycles. The van der Waals surface area contributed by atoms with Crippen LogP contribution in [0.1, 0.15) is 6.42 Å². The molecule has 1 amide bonds. The van der Waals surface area contributed by atoms with E-state index in [0.29, 0.717) is 16.8 Å². The molecule has 3 rings (SSSR count). The fourth-order valence-electron chi connectivity index (χ4n) is 3.02. The second-order valence-electron chi connectivity index (χ2n) is 6.38. The number of fused-ring (bicyclic) bond motifs is 1. The predicted octanol–water partition coefficient (Wildman–Crippen LogP) is 3.18. The molecule has 5 nitrogen and oxygen atoms in total. The number of hydrogen-bond acceptors (Lipinski definition) is 3. The molecule has 1 heterocycles. The van der Waals surface area contributed by atoms with Crippen LogP contribution >= 0.6 is 11.6 Å². The van der Waals surface area contributed by atoms with E-state index in [1.54, 1.807) is 30.3 Å². The lowest BCUT2D eigenvalue weighted by molar-refractivity contribution is -0.173. The van der Waals surface area contributed by atoms with E-state index in [9.17, 15) is 26.4 Å². The predicted molar refractivity (Wildman–Crippen MR) is 94.9 cm³/mol. The van der Waals surface area contributed by atoms with Gasteiger partial charge in [0.05, 0.1) is 4.90 Å². The minimum Gasteiger partial charge on any atom is -0.348 e. The van der Waals surface area contributed by atoms with E-state index in [2.05, 4.69) is 0 Å². The largest absolute Gasteiger partial charge is 0.471 e. The summed E-state index contributed by atoms with van der Waals surface area (Å²) in [6.07, 6.45) is -4.57. The zero-order chi connectivity index (χ0) is 19.8. The summed E-state index contributed by atoms with van der Waals surface area (Å²) in [6.45, 7) is 0.0211. The zero-order valence-corrected chi connectivity index (χ0v) is 15.5. The van der Waals surface area contributed by atoms with Gasteiger partial charge in [0.2, 0.25) is 10.0 Å².